The van der Waals surface area contributed by atoms with Crippen molar-refractivity contribution in [3.8, 4) is 0 Å². The first-order valence-electron chi connectivity index (χ1n) is 9.26. The molecule has 0 atom stereocenters. The average molecular weight is 413 g/mol. The van der Waals surface area contributed by atoms with Gasteiger partial charge in [-0.25, -0.2) is 9.97 Å². The molecule has 0 spiro atoms. The Balaban J connectivity index is 1.29. The maximum atomic E-state index is 12.6. The third-order valence-corrected chi connectivity index (χ3v) is 6.08. The first kappa shape index (κ1) is 19.2. The van der Waals surface area contributed by atoms with Crippen LogP contribution in [0.4, 0.5) is 0 Å². The van der Waals surface area contributed by atoms with Crippen molar-refractivity contribution in [2.75, 3.05) is 31.9 Å². The van der Waals surface area contributed by atoms with Crippen LogP contribution >= 0.6 is 23.4 Å². The fourth-order valence-electron chi connectivity index (χ4n) is 3.37. The lowest BCUT2D eigenvalue weighted by Crippen LogP contribution is -2.48. The van der Waals surface area contributed by atoms with Crippen molar-refractivity contribution in [2.45, 2.75) is 11.6 Å². The molecule has 0 N–H and O–H groups in total. The molecule has 7 heteroatoms. The summed E-state index contributed by atoms with van der Waals surface area (Å²) in [6, 6.07) is 15.8. The molecule has 0 saturated carbocycles. The van der Waals surface area contributed by atoms with Gasteiger partial charge >= 0.3 is 0 Å². The summed E-state index contributed by atoms with van der Waals surface area (Å²) in [6.45, 7) is 4.12. The minimum Gasteiger partial charge on any atom is -0.339 e. The molecule has 0 unspecified atom stereocenters. The normalized spacial score (nSPS) is 15.1. The Morgan fingerprint density at radius 3 is 2.68 bits per heavy atom. The van der Waals surface area contributed by atoms with Crippen LogP contribution in [0.25, 0.3) is 10.9 Å². The van der Waals surface area contributed by atoms with Gasteiger partial charge in [0.2, 0.25) is 5.91 Å². The highest BCUT2D eigenvalue weighted by atomic mass is 35.5. The third-order valence-electron chi connectivity index (χ3n) is 4.86. The minimum absolute atomic E-state index is 0.162. The molecule has 1 amide bonds. The van der Waals surface area contributed by atoms with Crippen LogP contribution in [-0.4, -0.2) is 57.6 Å². The fourth-order valence-corrected chi connectivity index (χ4v) is 4.47. The van der Waals surface area contributed by atoms with Gasteiger partial charge in [-0.3, -0.25) is 9.69 Å². The Morgan fingerprint density at radius 1 is 1.04 bits per heavy atom. The van der Waals surface area contributed by atoms with E-state index < -0.39 is 0 Å². The summed E-state index contributed by atoms with van der Waals surface area (Å²) >= 11 is 7.55. The van der Waals surface area contributed by atoms with E-state index in [0.717, 1.165) is 53.7 Å². The van der Waals surface area contributed by atoms with E-state index in [-0.39, 0.29) is 5.91 Å². The van der Waals surface area contributed by atoms with Crippen molar-refractivity contribution in [1.82, 2.24) is 19.8 Å². The molecule has 4 rings (SSSR count). The van der Waals surface area contributed by atoms with E-state index in [1.54, 1.807) is 6.33 Å². The molecule has 1 aliphatic rings. The molecule has 2 heterocycles. The second kappa shape index (κ2) is 8.90. The first-order valence-corrected chi connectivity index (χ1v) is 10.6. The summed E-state index contributed by atoms with van der Waals surface area (Å²) in [7, 11) is 0. The molecule has 1 aliphatic heterocycles. The van der Waals surface area contributed by atoms with Gasteiger partial charge in [-0.05, 0) is 23.8 Å². The monoisotopic (exact) mass is 412 g/mol. The molecule has 0 radical (unpaired) electrons. The standard InChI is InChI=1S/C21H21ClN4OS/c22-17-5-3-4-16(12-17)13-25-8-10-26(11-9-25)20(27)14-28-21-18-6-1-2-7-19(18)23-15-24-21/h1-7,12,15H,8-11,13-14H2. The molecular weight excluding hydrogens is 392 g/mol. The first-order chi connectivity index (χ1) is 13.7. The maximum absolute atomic E-state index is 12.6. The van der Waals surface area contributed by atoms with E-state index in [4.69, 9.17) is 11.6 Å². The van der Waals surface area contributed by atoms with E-state index in [9.17, 15) is 4.79 Å². The molecule has 5 nitrogen and oxygen atoms in total. The number of hydrogen-bond acceptors (Lipinski definition) is 5. The van der Waals surface area contributed by atoms with Crippen LogP contribution in [0.15, 0.2) is 59.9 Å². The zero-order valence-corrected chi connectivity index (χ0v) is 17.0. The number of aromatic nitrogens is 2. The number of nitrogens with zero attached hydrogens (tertiary/aromatic N) is 4. The highest BCUT2D eigenvalue weighted by Crippen LogP contribution is 2.24. The van der Waals surface area contributed by atoms with E-state index in [0.29, 0.717) is 5.75 Å². The third kappa shape index (κ3) is 4.63. The molecule has 2 aromatic carbocycles. The Kier molecular flexibility index (Phi) is 6.10. The van der Waals surface area contributed by atoms with Gasteiger partial charge in [0, 0.05) is 43.1 Å². The second-order valence-electron chi connectivity index (χ2n) is 6.77. The molecule has 0 aliphatic carbocycles. The molecule has 28 heavy (non-hydrogen) atoms. The van der Waals surface area contributed by atoms with Crippen molar-refractivity contribution < 1.29 is 4.79 Å². The van der Waals surface area contributed by atoms with E-state index in [1.165, 1.54) is 17.3 Å². The predicted molar refractivity (Wildman–Crippen MR) is 114 cm³/mol. The smallest absolute Gasteiger partial charge is 0.233 e. The van der Waals surface area contributed by atoms with Crippen molar-refractivity contribution in [2.24, 2.45) is 0 Å². The summed E-state index contributed by atoms with van der Waals surface area (Å²) in [5, 5.41) is 2.62. The number of hydrogen-bond donors (Lipinski definition) is 0. The molecule has 1 saturated heterocycles. The van der Waals surface area contributed by atoms with Crippen molar-refractivity contribution in [1.29, 1.82) is 0 Å². The van der Waals surface area contributed by atoms with E-state index in [2.05, 4.69) is 20.9 Å². The highest BCUT2D eigenvalue weighted by Gasteiger charge is 2.21. The van der Waals surface area contributed by atoms with Crippen LogP contribution < -0.4 is 0 Å². The summed E-state index contributed by atoms with van der Waals surface area (Å²) in [5.74, 6) is 0.560. The number of carbonyl (C=O) groups excluding carboxylic acids is 1. The Morgan fingerprint density at radius 2 is 1.86 bits per heavy atom. The zero-order valence-electron chi connectivity index (χ0n) is 15.4. The van der Waals surface area contributed by atoms with Gasteiger partial charge in [-0.1, -0.05) is 53.7 Å². The topological polar surface area (TPSA) is 49.3 Å². The largest absolute Gasteiger partial charge is 0.339 e. The maximum Gasteiger partial charge on any atom is 0.233 e. The summed E-state index contributed by atoms with van der Waals surface area (Å²) in [6.07, 6.45) is 1.56. The molecule has 1 fully saturated rings. The number of rotatable bonds is 5. The van der Waals surface area contributed by atoms with Crippen LogP contribution in [0.1, 0.15) is 5.56 Å². The van der Waals surface area contributed by atoms with Gasteiger partial charge in [0.05, 0.1) is 11.3 Å². The molecular formula is C21H21ClN4OS. The SMILES string of the molecule is O=C(CSc1ncnc2ccccc12)N1CCN(Cc2cccc(Cl)c2)CC1. The van der Waals surface area contributed by atoms with Crippen LogP contribution in [0.5, 0.6) is 0 Å². The molecule has 144 valence electrons. The number of benzene rings is 2. The van der Waals surface area contributed by atoms with Crippen LogP contribution in [0.3, 0.4) is 0 Å². The number of thioether (sulfide) groups is 1. The van der Waals surface area contributed by atoms with E-state index in [1.807, 2.05) is 47.4 Å². The highest BCUT2D eigenvalue weighted by molar-refractivity contribution is 8.00. The van der Waals surface area contributed by atoms with Gasteiger partial charge in [0.25, 0.3) is 0 Å². The summed E-state index contributed by atoms with van der Waals surface area (Å²) < 4.78 is 0. The Labute approximate surface area is 173 Å². The quantitative estimate of drug-likeness (QED) is 0.472. The van der Waals surface area contributed by atoms with Gasteiger partial charge in [0.1, 0.15) is 11.4 Å². The fraction of sp³-hybridized carbons (Fsp3) is 0.286. The number of amides is 1. The lowest BCUT2D eigenvalue weighted by atomic mass is 10.2. The Hall–Kier alpha value is -2.15. The number of halogens is 1. The Bertz CT molecular complexity index is 970. The van der Waals surface area contributed by atoms with Gasteiger partial charge < -0.3 is 4.90 Å². The van der Waals surface area contributed by atoms with Crippen LogP contribution in [0.2, 0.25) is 5.02 Å². The van der Waals surface area contributed by atoms with Crippen LogP contribution in [-0.2, 0) is 11.3 Å². The summed E-state index contributed by atoms with van der Waals surface area (Å²) in [4.78, 5) is 25.6. The van der Waals surface area contributed by atoms with Crippen molar-refractivity contribution >= 4 is 40.2 Å². The van der Waals surface area contributed by atoms with E-state index >= 15 is 0 Å². The number of piperazine rings is 1. The van der Waals surface area contributed by atoms with Crippen molar-refractivity contribution in [3.63, 3.8) is 0 Å². The van der Waals surface area contributed by atoms with Gasteiger partial charge in [0.15, 0.2) is 0 Å². The van der Waals surface area contributed by atoms with Gasteiger partial charge in [-0.2, -0.15) is 0 Å². The van der Waals surface area contributed by atoms with Crippen molar-refractivity contribution in [3.05, 3.63) is 65.4 Å². The molecule has 1 aromatic heterocycles. The predicted octanol–water partition coefficient (Wildman–Crippen LogP) is 3.72. The lowest BCUT2D eigenvalue weighted by molar-refractivity contribution is -0.130. The number of carbonyl (C=O) groups is 1. The average Bonchev–Trinajstić information content (AvgIpc) is 2.72. The molecule has 0 bridgehead atoms. The number of fused-ring (bicyclic) bond motifs is 1. The molecule has 3 aromatic rings. The zero-order chi connectivity index (χ0) is 19.3. The summed E-state index contributed by atoms with van der Waals surface area (Å²) in [5.41, 5.74) is 2.11. The minimum atomic E-state index is 0.162. The second-order valence-corrected chi connectivity index (χ2v) is 8.17. The van der Waals surface area contributed by atoms with Gasteiger partial charge in [-0.15, -0.1) is 0 Å². The van der Waals surface area contributed by atoms with Crippen LogP contribution in [0, 0.1) is 0 Å². The number of para-hydroxylation sites is 1. The lowest BCUT2D eigenvalue weighted by Gasteiger charge is -2.34.